The third kappa shape index (κ3) is 5.33. The summed E-state index contributed by atoms with van der Waals surface area (Å²) in [4.78, 5) is 28.0. The Labute approximate surface area is 250 Å². The molecular formula is C34H34N4O3S. The van der Waals surface area contributed by atoms with E-state index in [0.717, 1.165) is 28.0 Å². The summed E-state index contributed by atoms with van der Waals surface area (Å²) in [7, 11) is 0. The molecular weight excluding hydrogens is 544 g/mol. The van der Waals surface area contributed by atoms with Crippen molar-refractivity contribution < 1.29 is 9.72 Å². The quantitative estimate of drug-likeness (QED) is 0.181. The first-order valence-electron chi connectivity index (χ1n) is 13.9. The van der Waals surface area contributed by atoms with E-state index >= 15 is 0 Å². The van der Waals surface area contributed by atoms with Gasteiger partial charge in [0, 0.05) is 40.5 Å². The molecule has 2 aliphatic rings. The monoisotopic (exact) mass is 578 g/mol. The summed E-state index contributed by atoms with van der Waals surface area (Å²) in [5.74, 6) is 0.291. The van der Waals surface area contributed by atoms with E-state index in [4.69, 9.17) is 5.73 Å². The molecule has 0 spiro atoms. The van der Waals surface area contributed by atoms with Crippen LogP contribution in [-0.2, 0) is 10.5 Å². The van der Waals surface area contributed by atoms with Crippen LogP contribution in [0.15, 0.2) is 88.2 Å². The van der Waals surface area contributed by atoms with Crippen LogP contribution in [0, 0.1) is 47.6 Å². The molecule has 0 bridgehead atoms. The van der Waals surface area contributed by atoms with Crippen molar-refractivity contribution in [2.24, 2.45) is 11.1 Å². The zero-order chi connectivity index (χ0) is 30.3. The van der Waals surface area contributed by atoms with E-state index < -0.39 is 10.8 Å². The molecule has 0 fully saturated rings. The van der Waals surface area contributed by atoms with E-state index in [0.29, 0.717) is 29.8 Å². The molecule has 3 aromatic carbocycles. The summed E-state index contributed by atoms with van der Waals surface area (Å²) in [5.41, 5.74) is 13.7. The normalized spacial score (nSPS) is 18.1. The van der Waals surface area contributed by atoms with E-state index in [9.17, 15) is 20.2 Å². The Morgan fingerprint density at radius 2 is 1.83 bits per heavy atom. The van der Waals surface area contributed by atoms with Gasteiger partial charge in [-0.25, -0.2) is 0 Å². The highest BCUT2D eigenvalue weighted by Gasteiger charge is 2.45. The minimum Gasteiger partial charge on any atom is -0.384 e. The van der Waals surface area contributed by atoms with Crippen molar-refractivity contribution in [1.29, 1.82) is 5.26 Å². The maximum Gasteiger partial charge on any atom is 0.271 e. The van der Waals surface area contributed by atoms with Crippen LogP contribution in [0.4, 0.5) is 11.4 Å². The maximum atomic E-state index is 14.0. The van der Waals surface area contributed by atoms with Gasteiger partial charge in [-0.3, -0.25) is 19.8 Å². The highest BCUT2D eigenvalue weighted by Crippen LogP contribution is 2.51. The van der Waals surface area contributed by atoms with Gasteiger partial charge in [-0.15, -0.1) is 11.8 Å². The SMILES string of the molecule is Cc1cc(CSc2ccccc2C)c(C)c(C2C(C#N)=C(N)N(c3cccc([N+](=O)[O-])c3)C3=C2C(=O)CC(C)(C)C3)c1. The average molecular weight is 579 g/mol. The lowest BCUT2D eigenvalue weighted by atomic mass is 9.68. The lowest BCUT2D eigenvalue weighted by molar-refractivity contribution is -0.384. The van der Waals surface area contributed by atoms with E-state index in [1.165, 1.54) is 22.6 Å². The topological polar surface area (TPSA) is 113 Å². The van der Waals surface area contributed by atoms with E-state index in [1.807, 2.05) is 32.9 Å². The molecule has 1 heterocycles. The predicted molar refractivity (Wildman–Crippen MR) is 167 cm³/mol. The number of hydrogen-bond donors (Lipinski definition) is 1. The summed E-state index contributed by atoms with van der Waals surface area (Å²) in [6, 6.07) is 21.0. The molecule has 8 heteroatoms. The van der Waals surface area contributed by atoms with Crippen LogP contribution in [-0.4, -0.2) is 10.7 Å². The van der Waals surface area contributed by atoms with Crippen molar-refractivity contribution in [2.75, 3.05) is 4.90 Å². The van der Waals surface area contributed by atoms with Gasteiger partial charge < -0.3 is 5.73 Å². The molecule has 1 aliphatic heterocycles. The number of Topliss-reactive ketones (excluding diaryl/α,β-unsaturated/α-hetero) is 1. The molecule has 3 aromatic rings. The van der Waals surface area contributed by atoms with Crippen LogP contribution in [0.3, 0.4) is 0 Å². The number of nitrogens with zero attached hydrogens (tertiary/aromatic N) is 3. The van der Waals surface area contributed by atoms with Crippen LogP contribution >= 0.6 is 11.8 Å². The molecule has 0 saturated heterocycles. The van der Waals surface area contributed by atoms with E-state index in [1.54, 1.807) is 28.8 Å². The summed E-state index contributed by atoms with van der Waals surface area (Å²) in [6.45, 7) is 10.3. The second kappa shape index (κ2) is 11.1. The number of non-ortho nitro benzene ring substituents is 1. The fourth-order valence-corrected chi connectivity index (χ4v) is 7.23. The Morgan fingerprint density at radius 3 is 2.52 bits per heavy atom. The summed E-state index contributed by atoms with van der Waals surface area (Å²) >= 11 is 1.77. The number of aryl methyl sites for hydroxylation is 2. The van der Waals surface area contributed by atoms with Crippen LogP contribution in [0.25, 0.3) is 0 Å². The Hall–Kier alpha value is -4.35. The number of allylic oxidation sites excluding steroid dienone is 3. The highest BCUT2D eigenvalue weighted by atomic mass is 32.2. The summed E-state index contributed by atoms with van der Waals surface area (Å²) in [6.07, 6.45) is 0.873. The number of ketones is 1. The van der Waals surface area contributed by atoms with Gasteiger partial charge in [0.2, 0.25) is 0 Å². The first-order chi connectivity index (χ1) is 19.9. The Bertz CT molecular complexity index is 1730. The summed E-state index contributed by atoms with van der Waals surface area (Å²) in [5, 5.41) is 22.1. The number of nitriles is 1. The number of carbonyl (C=O) groups excluding carboxylic acids is 1. The minimum atomic E-state index is -0.620. The molecule has 7 nitrogen and oxygen atoms in total. The highest BCUT2D eigenvalue weighted by molar-refractivity contribution is 7.98. The molecule has 0 radical (unpaired) electrons. The number of hydrogen-bond acceptors (Lipinski definition) is 7. The fraction of sp³-hybridized carbons (Fsp3) is 0.294. The third-order valence-electron chi connectivity index (χ3n) is 8.17. The number of anilines is 1. The molecule has 0 saturated carbocycles. The second-order valence-electron chi connectivity index (χ2n) is 11.9. The molecule has 5 rings (SSSR count). The molecule has 0 aromatic heterocycles. The van der Waals surface area contributed by atoms with Crippen molar-refractivity contribution in [2.45, 2.75) is 64.0 Å². The molecule has 1 unspecified atom stereocenters. The number of rotatable bonds is 6. The van der Waals surface area contributed by atoms with Gasteiger partial charge in [0.1, 0.15) is 5.82 Å². The van der Waals surface area contributed by atoms with Crippen molar-refractivity contribution in [1.82, 2.24) is 0 Å². The first kappa shape index (κ1) is 29.2. The number of nitro benzene ring substituents is 1. The van der Waals surface area contributed by atoms with Crippen molar-refractivity contribution in [3.63, 3.8) is 0 Å². The average Bonchev–Trinajstić information content (AvgIpc) is 2.93. The maximum absolute atomic E-state index is 14.0. The Morgan fingerprint density at radius 1 is 1.10 bits per heavy atom. The molecule has 1 atom stereocenters. The molecule has 0 amide bonds. The van der Waals surface area contributed by atoms with Gasteiger partial charge in [0.05, 0.1) is 28.2 Å². The van der Waals surface area contributed by atoms with Gasteiger partial charge in [-0.1, -0.05) is 55.8 Å². The Kier molecular flexibility index (Phi) is 7.74. The van der Waals surface area contributed by atoms with Gasteiger partial charge in [-0.05, 0) is 67.0 Å². The number of nitro groups is 1. The number of benzene rings is 3. The van der Waals surface area contributed by atoms with Crippen molar-refractivity contribution >= 4 is 28.9 Å². The van der Waals surface area contributed by atoms with Crippen molar-refractivity contribution in [3.05, 3.63) is 121 Å². The minimum absolute atomic E-state index is 0.0290. The zero-order valence-corrected chi connectivity index (χ0v) is 25.3. The van der Waals surface area contributed by atoms with Gasteiger partial charge in [0.15, 0.2) is 5.78 Å². The fourth-order valence-electron chi connectivity index (χ4n) is 6.15. The number of carbonyl (C=O) groups is 1. The lowest BCUT2D eigenvalue weighted by Crippen LogP contribution is -2.42. The predicted octanol–water partition coefficient (Wildman–Crippen LogP) is 7.75. The molecule has 2 N–H and O–H groups in total. The Balaban J connectivity index is 1.69. The van der Waals surface area contributed by atoms with Crippen molar-refractivity contribution in [3.8, 4) is 6.07 Å². The van der Waals surface area contributed by atoms with E-state index in [-0.39, 0.29) is 28.3 Å². The largest absolute Gasteiger partial charge is 0.384 e. The van der Waals surface area contributed by atoms with Crippen LogP contribution < -0.4 is 10.6 Å². The van der Waals surface area contributed by atoms with Gasteiger partial charge in [-0.2, -0.15) is 5.26 Å². The summed E-state index contributed by atoms with van der Waals surface area (Å²) < 4.78 is 0. The van der Waals surface area contributed by atoms with Crippen LogP contribution in [0.2, 0.25) is 0 Å². The third-order valence-corrected chi connectivity index (χ3v) is 9.39. The second-order valence-corrected chi connectivity index (χ2v) is 13.0. The van der Waals surface area contributed by atoms with Gasteiger partial charge >= 0.3 is 0 Å². The van der Waals surface area contributed by atoms with Crippen LogP contribution in [0.1, 0.15) is 60.4 Å². The molecule has 42 heavy (non-hydrogen) atoms. The molecule has 1 aliphatic carbocycles. The lowest BCUT2D eigenvalue weighted by Gasteiger charge is -2.44. The smallest absolute Gasteiger partial charge is 0.271 e. The van der Waals surface area contributed by atoms with E-state index in [2.05, 4.69) is 44.2 Å². The number of thioether (sulfide) groups is 1. The first-order valence-corrected chi connectivity index (χ1v) is 14.9. The number of nitrogens with two attached hydrogens (primary N) is 1. The molecule has 214 valence electrons. The van der Waals surface area contributed by atoms with Gasteiger partial charge in [0.25, 0.3) is 5.69 Å². The standard InChI is InChI=1S/C34H34N4O3S/c1-20-13-23(19-42-30-12-7-6-9-21(30)2)22(3)26(14-20)31-27(18-35)33(36)37(24-10-8-11-25(15-24)38(40)41)28-16-34(4,5)17-29(39)32(28)31/h6-15,31H,16-17,19,36H2,1-5H3. The zero-order valence-electron chi connectivity index (χ0n) is 24.5. The van der Waals surface area contributed by atoms with Crippen LogP contribution in [0.5, 0.6) is 0 Å².